The number of Topliss-reactive ketones (excluding diaryl/α,β-unsaturated/α-hetero) is 2. The zero-order chi connectivity index (χ0) is 17.3. The van der Waals surface area contributed by atoms with Crippen molar-refractivity contribution >= 4 is 22.5 Å². The highest BCUT2D eigenvalue weighted by molar-refractivity contribution is 6.43. The Morgan fingerprint density at radius 2 is 1.75 bits per heavy atom. The number of para-hydroxylation sites is 1. The van der Waals surface area contributed by atoms with Crippen LogP contribution in [0.15, 0.2) is 48.7 Å². The van der Waals surface area contributed by atoms with Crippen LogP contribution in [-0.2, 0) is 4.79 Å². The SMILES string of the molecule is CC(=O)C(=O)c1c(F)cccc1Oc1cnc2c(F)cccc2c1. The Morgan fingerprint density at radius 3 is 2.50 bits per heavy atom. The monoisotopic (exact) mass is 327 g/mol. The summed E-state index contributed by atoms with van der Waals surface area (Å²) >= 11 is 0. The number of nitrogens with zero attached hydrogens (tertiary/aromatic N) is 1. The van der Waals surface area contributed by atoms with Gasteiger partial charge in [0.2, 0.25) is 11.6 Å². The fourth-order valence-corrected chi connectivity index (χ4v) is 2.27. The van der Waals surface area contributed by atoms with Crippen molar-refractivity contribution in [1.29, 1.82) is 0 Å². The molecule has 0 saturated heterocycles. The summed E-state index contributed by atoms with van der Waals surface area (Å²) < 4.78 is 33.1. The van der Waals surface area contributed by atoms with E-state index >= 15 is 0 Å². The van der Waals surface area contributed by atoms with Crippen LogP contribution in [0.4, 0.5) is 8.78 Å². The van der Waals surface area contributed by atoms with Crippen LogP contribution in [0.2, 0.25) is 0 Å². The molecule has 0 unspecified atom stereocenters. The van der Waals surface area contributed by atoms with Crippen molar-refractivity contribution in [1.82, 2.24) is 4.98 Å². The van der Waals surface area contributed by atoms with Crippen LogP contribution in [0.25, 0.3) is 10.9 Å². The summed E-state index contributed by atoms with van der Waals surface area (Å²) in [5, 5.41) is 0.489. The third-order valence-corrected chi connectivity index (χ3v) is 3.39. The minimum Gasteiger partial charge on any atom is -0.455 e. The Morgan fingerprint density at radius 1 is 1.04 bits per heavy atom. The summed E-state index contributed by atoms with van der Waals surface area (Å²) in [6.07, 6.45) is 1.26. The first-order valence-electron chi connectivity index (χ1n) is 7.03. The van der Waals surface area contributed by atoms with Crippen molar-refractivity contribution in [3.05, 3.63) is 65.9 Å². The number of hydrogen-bond acceptors (Lipinski definition) is 4. The lowest BCUT2D eigenvalue weighted by Gasteiger charge is -2.11. The number of ketones is 2. The number of halogens is 2. The van der Waals surface area contributed by atoms with Gasteiger partial charge in [-0.1, -0.05) is 18.2 Å². The average molecular weight is 327 g/mol. The number of pyridine rings is 1. The molecule has 0 radical (unpaired) electrons. The topological polar surface area (TPSA) is 56.3 Å². The Kier molecular flexibility index (Phi) is 4.04. The van der Waals surface area contributed by atoms with E-state index in [1.165, 1.54) is 36.5 Å². The van der Waals surface area contributed by atoms with Gasteiger partial charge < -0.3 is 4.74 Å². The fraction of sp³-hybridized carbons (Fsp3) is 0.0556. The van der Waals surface area contributed by atoms with Crippen molar-refractivity contribution in [3.63, 3.8) is 0 Å². The lowest BCUT2D eigenvalue weighted by Crippen LogP contribution is -2.13. The molecule has 1 heterocycles. The molecule has 1 aromatic heterocycles. The van der Waals surface area contributed by atoms with Gasteiger partial charge in [-0.05, 0) is 24.3 Å². The molecule has 0 spiro atoms. The fourth-order valence-electron chi connectivity index (χ4n) is 2.27. The first-order valence-corrected chi connectivity index (χ1v) is 7.03. The molecule has 0 atom stereocenters. The zero-order valence-electron chi connectivity index (χ0n) is 12.5. The van der Waals surface area contributed by atoms with Gasteiger partial charge in [0.25, 0.3) is 0 Å². The van der Waals surface area contributed by atoms with Crippen LogP contribution in [-0.4, -0.2) is 16.6 Å². The van der Waals surface area contributed by atoms with E-state index in [0.29, 0.717) is 5.39 Å². The molecule has 4 nitrogen and oxygen atoms in total. The maximum atomic E-state index is 14.0. The van der Waals surface area contributed by atoms with Crippen molar-refractivity contribution in [2.45, 2.75) is 6.92 Å². The normalized spacial score (nSPS) is 10.6. The highest BCUT2D eigenvalue weighted by Crippen LogP contribution is 2.29. The van der Waals surface area contributed by atoms with E-state index in [4.69, 9.17) is 4.74 Å². The first-order chi connectivity index (χ1) is 11.5. The molecule has 0 amide bonds. The second-order valence-electron chi connectivity index (χ2n) is 5.08. The Bertz CT molecular complexity index is 970. The molecule has 120 valence electrons. The van der Waals surface area contributed by atoms with Crippen molar-refractivity contribution < 1.29 is 23.1 Å². The lowest BCUT2D eigenvalue weighted by atomic mass is 10.1. The largest absolute Gasteiger partial charge is 0.455 e. The number of carbonyl (C=O) groups excluding carboxylic acids is 2. The molecular weight excluding hydrogens is 316 g/mol. The number of hydrogen-bond donors (Lipinski definition) is 0. The molecule has 2 aromatic carbocycles. The van der Waals surface area contributed by atoms with Gasteiger partial charge in [-0.25, -0.2) is 13.8 Å². The van der Waals surface area contributed by atoms with Crippen LogP contribution in [0, 0.1) is 11.6 Å². The molecule has 6 heteroatoms. The van der Waals surface area contributed by atoms with Gasteiger partial charge in [-0.2, -0.15) is 0 Å². The van der Waals surface area contributed by atoms with E-state index in [-0.39, 0.29) is 17.0 Å². The van der Waals surface area contributed by atoms with Crippen LogP contribution in [0.3, 0.4) is 0 Å². The molecule has 3 aromatic rings. The Labute approximate surface area is 135 Å². The minimum absolute atomic E-state index is 0.104. The van der Waals surface area contributed by atoms with Gasteiger partial charge in [0.05, 0.1) is 6.20 Å². The first kappa shape index (κ1) is 15.7. The zero-order valence-corrected chi connectivity index (χ0v) is 12.5. The van der Waals surface area contributed by atoms with Crippen LogP contribution < -0.4 is 4.74 Å². The number of carbonyl (C=O) groups is 2. The molecule has 0 fully saturated rings. The predicted octanol–water partition coefficient (Wildman–Crippen LogP) is 4.08. The summed E-state index contributed by atoms with van der Waals surface area (Å²) in [6, 6.07) is 9.76. The quantitative estimate of drug-likeness (QED) is 0.535. The summed E-state index contributed by atoms with van der Waals surface area (Å²) in [6.45, 7) is 1.05. The maximum Gasteiger partial charge on any atom is 0.234 e. The summed E-state index contributed by atoms with van der Waals surface area (Å²) in [5.41, 5.74) is -0.270. The second kappa shape index (κ2) is 6.16. The molecule has 0 aliphatic rings. The third-order valence-electron chi connectivity index (χ3n) is 3.39. The van der Waals surface area contributed by atoms with E-state index in [0.717, 1.165) is 13.0 Å². The molecule has 0 aliphatic carbocycles. The Hall–Kier alpha value is -3.15. The van der Waals surface area contributed by atoms with Crippen molar-refractivity contribution in [3.8, 4) is 11.5 Å². The molecule has 0 N–H and O–H groups in total. The third kappa shape index (κ3) is 2.86. The standard InChI is InChI=1S/C18H11F2NO3/c1-10(22)18(23)16-13(19)5-3-7-15(16)24-12-8-11-4-2-6-14(20)17(11)21-9-12/h2-9H,1H3. The molecule has 24 heavy (non-hydrogen) atoms. The van der Waals surface area contributed by atoms with Gasteiger partial charge in [-0.15, -0.1) is 0 Å². The molecule has 0 saturated carbocycles. The highest BCUT2D eigenvalue weighted by Gasteiger charge is 2.22. The highest BCUT2D eigenvalue weighted by atomic mass is 19.1. The molecular formula is C18H11F2NO3. The molecule has 3 rings (SSSR count). The summed E-state index contributed by atoms with van der Waals surface area (Å²) in [4.78, 5) is 27.1. The van der Waals surface area contributed by atoms with Crippen LogP contribution in [0.1, 0.15) is 17.3 Å². The number of fused-ring (bicyclic) bond motifs is 1. The van der Waals surface area contributed by atoms with Gasteiger partial charge >= 0.3 is 0 Å². The predicted molar refractivity (Wildman–Crippen MR) is 83.2 cm³/mol. The van der Waals surface area contributed by atoms with Gasteiger partial charge in [0.1, 0.15) is 34.2 Å². The van der Waals surface area contributed by atoms with Crippen LogP contribution >= 0.6 is 0 Å². The smallest absolute Gasteiger partial charge is 0.234 e. The lowest BCUT2D eigenvalue weighted by molar-refractivity contribution is -0.113. The Balaban J connectivity index is 2.04. The van der Waals surface area contributed by atoms with Gasteiger partial charge in [0, 0.05) is 12.3 Å². The van der Waals surface area contributed by atoms with Crippen LogP contribution in [0.5, 0.6) is 11.5 Å². The number of aromatic nitrogens is 1. The minimum atomic E-state index is -0.983. The van der Waals surface area contributed by atoms with E-state index < -0.39 is 28.8 Å². The second-order valence-corrected chi connectivity index (χ2v) is 5.08. The van der Waals surface area contributed by atoms with E-state index in [1.807, 2.05) is 0 Å². The number of rotatable bonds is 4. The van der Waals surface area contributed by atoms with Crippen molar-refractivity contribution in [2.75, 3.05) is 0 Å². The number of ether oxygens (including phenoxy) is 1. The summed E-state index contributed by atoms with van der Waals surface area (Å²) in [7, 11) is 0. The average Bonchev–Trinajstić information content (AvgIpc) is 2.54. The van der Waals surface area contributed by atoms with E-state index in [2.05, 4.69) is 4.98 Å². The van der Waals surface area contributed by atoms with Crippen molar-refractivity contribution in [2.24, 2.45) is 0 Å². The van der Waals surface area contributed by atoms with E-state index in [9.17, 15) is 18.4 Å². The molecule has 0 bridgehead atoms. The summed E-state index contributed by atoms with van der Waals surface area (Å²) in [5.74, 6) is -3.03. The molecule has 0 aliphatic heterocycles. The van der Waals surface area contributed by atoms with E-state index in [1.54, 1.807) is 6.07 Å². The number of benzene rings is 2. The van der Waals surface area contributed by atoms with Gasteiger partial charge in [0.15, 0.2) is 0 Å². The maximum absolute atomic E-state index is 14.0. The van der Waals surface area contributed by atoms with Gasteiger partial charge in [-0.3, -0.25) is 9.59 Å².